The number of halogens is 1. The van der Waals surface area contributed by atoms with E-state index >= 15 is 0 Å². The van der Waals surface area contributed by atoms with E-state index in [9.17, 15) is 9.59 Å². The molecule has 0 aliphatic rings. The molecule has 0 aliphatic heterocycles. The van der Waals surface area contributed by atoms with Crippen LogP contribution in [0.15, 0.2) is 108 Å². The van der Waals surface area contributed by atoms with E-state index in [-0.39, 0.29) is 0 Å². The Kier molecular flexibility index (Phi) is 7.88. The first-order chi connectivity index (χ1) is 17.1. The van der Waals surface area contributed by atoms with E-state index in [0.717, 1.165) is 5.56 Å². The van der Waals surface area contributed by atoms with Crippen LogP contribution in [0.1, 0.15) is 31.8 Å². The minimum Gasteiger partial charge on any atom is -0.488 e. The van der Waals surface area contributed by atoms with Gasteiger partial charge in [-0.1, -0.05) is 66.2 Å². The van der Waals surface area contributed by atoms with Gasteiger partial charge in [0.1, 0.15) is 18.1 Å². The molecule has 0 atom stereocenters. The quantitative estimate of drug-likeness (QED) is 0.146. The van der Waals surface area contributed by atoms with Crippen molar-refractivity contribution in [3.8, 4) is 11.5 Å². The summed E-state index contributed by atoms with van der Waals surface area (Å²) in [7, 11) is 0. The lowest BCUT2D eigenvalue weighted by Crippen LogP contribution is -2.19. The van der Waals surface area contributed by atoms with Gasteiger partial charge < -0.3 is 9.47 Å². The number of carbonyl (C=O) groups excluding carboxylic acids is 2. The number of benzene rings is 4. The number of carbonyl (C=O) groups is 2. The standard InChI is InChI=1S/C28H21ClN2O4/c29-23-16-14-21(15-17-23)28(33)35-25-12-6-4-10-22(25)18-30-31-27(32)24-11-5-7-13-26(24)34-19-20-8-2-1-3-9-20/h1-18H,19H2,(H,31,32)/b30-18+. The Morgan fingerprint density at radius 1 is 0.800 bits per heavy atom. The van der Waals surface area contributed by atoms with Crippen molar-refractivity contribution in [2.45, 2.75) is 6.61 Å². The van der Waals surface area contributed by atoms with E-state index in [0.29, 0.717) is 39.8 Å². The molecule has 0 spiro atoms. The Hall–Kier alpha value is -4.42. The first kappa shape index (κ1) is 23.7. The number of ether oxygens (including phenoxy) is 2. The van der Waals surface area contributed by atoms with E-state index in [1.54, 1.807) is 72.8 Å². The van der Waals surface area contributed by atoms with Gasteiger partial charge in [0.15, 0.2) is 0 Å². The van der Waals surface area contributed by atoms with Crippen LogP contribution in [-0.2, 0) is 6.61 Å². The number of amides is 1. The molecule has 0 radical (unpaired) electrons. The molecule has 4 rings (SSSR count). The summed E-state index contributed by atoms with van der Waals surface area (Å²) in [6.07, 6.45) is 1.41. The number of para-hydroxylation sites is 2. The molecule has 35 heavy (non-hydrogen) atoms. The largest absolute Gasteiger partial charge is 0.488 e. The summed E-state index contributed by atoms with van der Waals surface area (Å²) in [5.74, 6) is -0.213. The summed E-state index contributed by atoms with van der Waals surface area (Å²) >= 11 is 5.87. The van der Waals surface area contributed by atoms with Gasteiger partial charge in [0.25, 0.3) is 5.91 Å². The fourth-order valence-electron chi connectivity index (χ4n) is 3.16. The summed E-state index contributed by atoms with van der Waals surface area (Å²) in [6.45, 7) is 0.334. The zero-order valence-corrected chi connectivity index (χ0v) is 19.3. The van der Waals surface area contributed by atoms with Crippen LogP contribution in [0.2, 0.25) is 5.02 Å². The number of hydrazone groups is 1. The second-order valence-corrected chi connectivity index (χ2v) is 7.84. The smallest absolute Gasteiger partial charge is 0.343 e. The van der Waals surface area contributed by atoms with Gasteiger partial charge in [0.05, 0.1) is 17.3 Å². The Morgan fingerprint density at radius 3 is 2.23 bits per heavy atom. The lowest BCUT2D eigenvalue weighted by Gasteiger charge is -2.10. The molecule has 174 valence electrons. The predicted octanol–water partition coefficient (Wildman–Crippen LogP) is 5.90. The zero-order chi connectivity index (χ0) is 24.5. The first-order valence-corrected chi connectivity index (χ1v) is 11.1. The third-order valence-corrected chi connectivity index (χ3v) is 5.19. The van der Waals surface area contributed by atoms with Crippen LogP contribution in [0.4, 0.5) is 0 Å². The molecule has 0 heterocycles. The van der Waals surface area contributed by atoms with Crippen molar-refractivity contribution in [3.63, 3.8) is 0 Å². The maximum Gasteiger partial charge on any atom is 0.343 e. The van der Waals surface area contributed by atoms with Crippen molar-refractivity contribution in [1.82, 2.24) is 5.43 Å². The van der Waals surface area contributed by atoms with Crippen molar-refractivity contribution in [2.75, 3.05) is 0 Å². The fourth-order valence-corrected chi connectivity index (χ4v) is 3.29. The van der Waals surface area contributed by atoms with Gasteiger partial charge in [0, 0.05) is 10.6 Å². The first-order valence-electron chi connectivity index (χ1n) is 10.8. The summed E-state index contributed by atoms with van der Waals surface area (Å²) < 4.78 is 11.3. The minimum atomic E-state index is -0.531. The van der Waals surface area contributed by atoms with Crippen LogP contribution in [-0.4, -0.2) is 18.1 Å². The molecule has 1 amide bonds. The van der Waals surface area contributed by atoms with E-state index in [1.807, 2.05) is 30.3 Å². The van der Waals surface area contributed by atoms with Crippen molar-refractivity contribution < 1.29 is 19.1 Å². The monoisotopic (exact) mass is 484 g/mol. The number of hydrogen-bond donors (Lipinski definition) is 1. The Balaban J connectivity index is 1.41. The molecular weight excluding hydrogens is 464 g/mol. The topological polar surface area (TPSA) is 77.0 Å². The Bertz CT molecular complexity index is 1340. The maximum atomic E-state index is 12.7. The predicted molar refractivity (Wildman–Crippen MR) is 135 cm³/mol. The molecule has 4 aromatic rings. The minimum absolute atomic E-state index is 0.303. The number of esters is 1. The van der Waals surface area contributed by atoms with Crippen LogP contribution in [0.25, 0.3) is 0 Å². The van der Waals surface area contributed by atoms with E-state index in [1.165, 1.54) is 6.21 Å². The van der Waals surface area contributed by atoms with Crippen LogP contribution >= 0.6 is 11.6 Å². The van der Waals surface area contributed by atoms with Gasteiger partial charge in [-0.05, 0) is 54.1 Å². The molecule has 0 saturated carbocycles. The summed E-state index contributed by atoms with van der Waals surface area (Å²) in [5.41, 5.74) is 4.72. The molecule has 0 unspecified atom stereocenters. The lowest BCUT2D eigenvalue weighted by atomic mass is 10.2. The van der Waals surface area contributed by atoms with E-state index < -0.39 is 11.9 Å². The van der Waals surface area contributed by atoms with Crippen molar-refractivity contribution in [3.05, 3.63) is 130 Å². The van der Waals surface area contributed by atoms with Crippen molar-refractivity contribution >= 4 is 29.7 Å². The second-order valence-electron chi connectivity index (χ2n) is 7.40. The average molecular weight is 485 g/mol. The Morgan fingerprint density at radius 2 is 1.46 bits per heavy atom. The molecule has 0 aliphatic carbocycles. The van der Waals surface area contributed by atoms with Gasteiger partial charge in [-0.25, -0.2) is 10.2 Å². The zero-order valence-electron chi connectivity index (χ0n) is 18.6. The molecule has 0 bridgehead atoms. The van der Waals surface area contributed by atoms with Crippen molar-refractivity contribution in [1.29, 1.82) is 0 Å². The van der Waals surface area contributed by atoms with E-state index in [2.05, 4.69) is 10.5 Å². The highest BCUT2D eigenvalue weighted by Crippen LogP contribution is 2.20. The molecule has 4 aromatic carbocycles. The maximum absolute atomic E-state index is 12.7. The third kappa shape index (κ3) is 6.56. The highest BCUT2D eigenvalue weighted by molar-refractivity contribution is 6.30. The van der Waals surface area contributed by atoms with Crippen LogP contribution in [0.3, 0.4) is 0 Å². The molecule has 6 nitrogen and oxygen atoms in total. The molecule has 1 N–H and O–H groups in total. The highest BCUT2D eigenvalue weighted by atomic mass is 35.5. The SMILES string of the molecule is O=C(Oc1ccccc1/C=N/NC(=O)c1ccccc1OCc1ccccc1)c1ccc(Cl)cc1. The number of nitrogens with one attached hydrogen (secondary N) is 1. The number of hydrogen-bond acceptors (Lipinski definition) is 5. The lowest BCUT2D eigenvalue weighted by molar-refractivity contribution is 0.0734. The van der Waals surface area contributed by atoms with Crippen molar-refractivity contribution in [2.24, 2.45) is 5.10 Å². The van der Waals surface area contributed by atoms with Gasteiger partial charge in [-0.15, -0.1) is 0 Å². The second kappa shape index (κ2) is 11.6. The summed E-state index contributed by atoms with van der Waals surface area (Å²) in [6, 6.07) is 29.9. The molecule has 0 saturated heterocycles. The van der Waals surface area contributed by atoms with Crippen LogP contribution in [0.5, 0.6) is 11.5 Å². The average Bonchev–Trinajstić information content (AvgIpc) is 2.89. The molecule has 7 heteroatoms. The number of rotatable bonds is 8. The van der Waals surface area contributed by atoms with Crippen LogP contribution in [0, 0.1) is 0 Å². The van der Waals surface area contributed by atoms with E-state index in [4.69, 9.17) is 21.1 Å². The van der Waals surface area contributed by atoms with Crippen LogP contribution < -0.4 is 14.9 Å². The van der Waals surface area contributed by atoms with Gasteiger partial charge in [0.2, 0.25) is 0 Å². The van der Waals surface area contributed by atoms with Gasteiger partial charge >= 0.3 is 5.97 Å². The molecular formula is C28H21ClN2O4. The molecule has 0 fully saturated rings. The summed E-state index contributed by atoms with van der Waals surface area (Å²) in [4.78, 5) is 25.2. The molecule has 0 aromatic heterocycles. The third-order valence-electron chi connectivity index (χ3n) is 4.94. The fraction of sp³-hybridized carbons (Fsp3) is 0.0357. The van der Waals surface area contributed by atoms with Gasteiger partial charge in [-0.3, -0.25) is 4.79 Å². The summed E-state index contributed by atoms with van der Waals surface area (Å²) in [5, 5.41) is 4.57. The Labute approximate surface area is 207 Å². The highest BCUT2D eigenvalue weighted by Gasteiger charge is 2.13. The van der Waals surface area contributed by atoms with Gasteiger partial charge in [-0.2, -0.15) is 5.10 Å². The normalized spacial score (nSPS) is 10.7. The number of nitrogens with zero attached hydrogens (tertiary/aromatic N) is 1.